The Morgan fingerprint density at radius 3 is 3.07 bits per heavy atom. The standard InChI is InChI=1S/C9H11ClN2O2/c1-6(4-13)12-8-2-9(10)11-3-7(8)5-14/h2-3,5-6,13H,4H2,1H3,(H,11,12). The molecular weight excluding hydrogens is 204 g/mol. The average Bonchev–Trinajstić information content (AvgIpc) is 2.18. The predicted octanol–water partition coefficient (Wildman–Crippen LogP) is 1.34. The predicted molar refractivity (Wildman–Crippen MR) is 54.8 cm³/mol. The molecule has 0 aliphatic heterocycles. The van der Waals surface area contributed by atoms with Crippen molar-refractivity contribution in [3.8, 4) is 0 Å². The SMILES string of the molecule is CC(CO)Nc1cc(Cl)ncc1C=O. The van der Waals surface area contributed by atoms with E-state index in [1.165, 1.54) is 6.20 Å². The largest absolute Gasteiger partial charge is 0.394 e. The van der Waals surface area contributed by atoms with Crippen LogP contribution in [0.5, 0.6) is 0 Å². The number of pyridine rings is 1. The number of hydrogen-bond donors (Lipinski definition) is 2. The second-order valence-corrected chi connectivity index (χ2v) is 3.33. The summed E-state index contributed by atoms with van der Waals surface area (Å²) in [5.74, 6) is 0. The number of halogens is 1. The van der Waals surface area contributed by atoms with Crippen LogP contribution >= 0.6 is 11.6 Å². The van der Waals surface area contributed by atoms with Crippen molar-refractivity contribution in [3.63, 3.8) is 0 Å². The van der Waals surface area contributed by atoms with Crippen molar-refractivity contribution < 1.29 is 9.90 Å². The van der Waals surface area contributed by atoms with Gasteiger partial charge in [-0.3, -0.25) is 4.79 Å². The van der Waals surface area contributed by atoms with Crippen LogP contribution < -0.4 is 5.32 Å². The molecule has 0 aliphatic rings. The maximum Gasteiger partial charge on any atom is 0.153 e. The van der Waals surface area contributed by atoms with Gasteiger partial charge in [-0.2, -0.15) is 0 Å². The average molecular weight is 215 g/mol. The molecule has 1 aromatic heterocycles. The van der Waals surface area contributed by atoms with Gasteiger partial charge < -0.3 is 10.4 Å². The summed E-state index contributed by atoms with van der Waals surface area (Å²) in [6, 6.07) is 1.42. The Bertz CT molecular complexity index is 331. The van der Waals surface area contributed by atoms with Crippen LogP contribution in [0.3, 0.4) is 0 Å². The second-order valence-electron chi connectivity index (χ2n) is 2.94. The highest BCUT2D eigenvalue weighted by molar-refractivity contribution is 6.29. The Kier molecular flexibility index (Phi) is 3.85. The van der Waals surface area contributed by atoms with E-state index in [0.717, 1.165) is 0 Å². The molecule has 76 valence electrons. The Hall–Kier alpha value is -1.13. The number of aldehydes is 1. The summed E-state index contributed by atoms with van der Waals surface area (Å²) in [5.41, 5.74) is 1.01. The number of nitrogens with one attached hydrogen (secondary N) is 1. The lowest BCUT2D eigenvalue weighted by Crippen LogP contribution is -2.20. The van der Waals surface area contributed by atoms with Crippen LogP contribution in [0.25, 0.3) is 0 Å². The van der Waals surface area contributed by atoms with Crippen molar-refractivity contribution in [1.82, 2.24) is 4.98 Å². The van der Waals surface area contributed by atoms with Gasteiger partial charge in [0.2, 0.25) is 0 Å². The molecule has 1 unspecified atom stereocenters. The number of hydrogen-bond acceptors (Lipinski definition) is 4. The van der Waals surface area contributed by atoms with Crippen molar-refractivity contribution in [2.24, 2.45) is 0 Å². The first-order valence-corrected chi connectivity index (χ1v) is 4.53. The van der Waals surface area contributed by atoms with Crippen LogP contribution in [0.1, 0.15) is 17.3 Å². The molecule has 1 rings (SSSR count). The van der Waals surface area contributed by atoms with Gasteiger partial charge in [0.1, 0.15) is 5.15 Å². The summed E-state index contributed by atoms with van der Waals surface area (Å²) in [6.07, 6.45) is 2.08. The lowest BCUT2D eigenvalue weighted by atomic mass is 10.2. The van der Waals surface area contributed by atoms with Crippen molar-refractivity contribution in [2.75, 3.05) is 11.9 Å². The minimum atomic E-state index is -0.132. The molecule has 0 amide bonds. The topological polar surface area (TPSA) is 62.2 Å². The third-order valence-electron chi connectivity index (χ3n) is 1.70. The third kappa shape index (κ3) is 2.68. The Morgan fingerprint density at radius 2 is 2.50 bits per heavy atom. The van der Waals surface area contributed by atoms with Crippen LogP contribution in [0.15, 0.2) is 12.3 Å². The Balaban J connectivity index is 2.92. The van der Waals surface area contributed by atoms with Crippen molar-refractivity contribution >= 4 is 23.6 Å². The highest BCUT2D eigenvalue weighted by atomic mass is 35.5. The van der Waals surface area contributed by atoms with Crippen molar-refractivity contribution in [1.29, 1.82) is 0 Å². The molecule has 0 aliphatic carbocycles. The zero-order chi connectivity index (χ0) is 10.6. The first kappa shape index (κ1) is 10.9. The van der Waals surface area contributed by atoms with Gasteiger partial charge in [0.05, 0.1) is 12.2 Å². The summed E-state index contributed by atoms with van der Waals surface area (Å²) in [6.45, 7) is 1.78. The van der Waals surface area contributed by atoms with Crippen LogP contribution in [0, 0.1) is 0 Å². The monoisotopic (exact) mass is 214 g/mol. The molecule has 5 heteroatoms. The number of rotatable bonds is 4. The molecule has 1 heterocycles. The minimum absolute atomic E-state index is 0.0156. The van der Waals surface area contributed by atoms with E-state index in [-0.39, 0.29) is 12.6 Å². The molecule has 0 saturated carbocycles. The third-order valence-corrected chi connectivity index (χ3v) is 1.91. The van der Waals surface area contributed by atoms with Gasteiger partial charge in [-0.05, 0) is 13.0 Å². The van der Waals surface area contributed by atoms with Crippen molar-refractivity contribution in [3.05, 3.63) is 23.0 Å². The lowest BCUT2D eigenvalue weighted by Gasteiger charge is -2.13. The highest BCUT2D eigenvalue weighted by Gasteiger charge is 2.06. The van der Waals surface area contributed by atoms with Crippen molar-refractivity contribution in [2.45, 2.75) is 13.0 Å². The summed E-state index contributed by atoms with van der Waals surface area (Å²) >= 11 is 5.67. The second kappa shape index (κ2) is 4.93. The maximum atomic E-state index is 10.6. The lowest BCUT2D eigenvalue weighted by molar-refractivity contribution is 0.112. The van der Waals surface area contributed by atoms with Gasteiger partial charge in [-0.15, -0.1) is 0 Å². The molecule has 0 saturated heterocycles. The van der Waals surface area contributed by atoms with E-state index >= 15 is 0 Å². The van der Waals surface area contributed by atoms with E-state index < -0.39 is 0 Å². The molecule has 0 radical (unpaired) electrons. The molecule has 0 aromatic carbocycles. The normalized spacial score (nSPS) is 12.2. The van der Waals surface area contributed by atoms with Gasteiger partial charge in [0.15, 0.2) is 6.29 Å². The first-order valence-electron chi connectivity index (χ1n) is 4.15. The smallest absolute Gasteiger partial charge is 0.153 e. The fourth-order valence-corrected chi connectivity index (χ4v) is 1.13. The molecule has 4 nitrogen and oxygen atoms in total. The van der Waals surface area contributed by atoms with Crippen LogP contribution in [0.2, 0.25) is 5.15 Å². The molecule has 0 fully saturated rings. The Morgan fingerprint density at radius 1 is 1.79 bits per heavy atom. The molecular formula is C9H11ClN2O2. The number of aliphatic hydroxyl groups is 1. The summed E-state index contributed by atoms with van der Waals surface area (Å²) in [4.78, 5) is 14.4. The molecule has 0 bridgehead atoms. The Labute approximate surface area is 86.9 Å². The van der Waals surface area contributed by atoms with E-state index in [2.05, 4.69) is 10.3 Å². The van der Waals surface area contributed by atoms with E-state index in [0.29, 0.717) is 22.7 Å². The van der Waals surface area contributed by atoms with E-state index in [1.54, 1.807) is 13.0 Å². The molecule has 2 N–H and O–H groups in total. The summed E-state index contributed by atoms with van der Waals surface area (Å²) in [7, 11) is 0. The number of carbonyl (C=O) groups is 1. The summed E-state index contributed by atoms with van der Waals surface area (Å²) in [5, 5.41) is 12.1. The highest BCUT2D eigenvalue weighted by Crippen LogP contribution is 2.17. The molecule has 0 spiro atoms. The number of anilines is 1. The molecule has 1 atom stereocenters. The zero-order valence-corrected chi connectivity index (χ0v) is 8.45. The molecule has 1 aromatic rings. The van der Waals surface area contributed by atoms with Crippen LogP contribution in [-0.4, -0.2) is 29.0 Å². The maximum absolute atomic E-state index is 10.6. The number of nitrogens with zero attached hydrogens (tertiary/aromatic N) is 1. The fraction of sp³-hybridized carbons (Fsp3) is 0.333. The first-order chi connectivity index (χ1) is 6.67. The summed E-state index contributed by atoms with van der Waals surface area (Å²) < 4.78 is 0. The van der Waals surface area contributed by atoms with Gasteiger partial charge in [0.25, 0.3) is 0 Å². The van der Waals surface area contributed by atoms with Gasteiger partial charge in [0, 0.05) is 17.9 Å². The number of aromatic nitrogens is 1. The number of aliphatic hydroxyl groups excluding tert-OH is 1. The fourth-order valence-electron chi connectivity index (χ4n) is 0.970. The van der Waals surface area contributed by atoms with Gasteiger partial charge >= 0.3 is 0 Å². The van der Waals surface area contributed by atoms with E-state index in [4.69, 9.17) is 16.7 Å². The van der Waals surface area contributed by atoms with Gasteiger partial charge in [-0.25, -0.2) is 4.98 Å². The van der Waals surface area contributed by atoms with Crippen LogP contribution in [-0.2, 0) is 0 Å². The van der Waals surface area contributed by atoms with E-state index in [1.807, 2.05) is 0 Å². The van der Waals surface area contributed by atoms with Gasteiger partial charge in [-0.1, -0.05) is 11.6 Å². The van der Waals surface area contributed by atoms with Crippen LogP contribution in [0.4, 0.5) is 5.69 Å². The quantitative estimate of drug-likeness (QED) is 0.587. The minimum Gasteiger partial charge on any atom is -0.394 e. The van der Waals surface area contributed by atoms with E-state index in [9.17, 15) is 4.79 Å². The number of carbonyl (C=O) groups excluding carboxylic acids is 1. The molecule has 14 heavy (non-hydrogen) atoms. The zero-order valence-electron chi connectivity index (χ0n) is 7.70.